The maximum Gasteiger partial charge on any atom is 0.135 e. The summed E-state index contributed by atoms with van der Waals surface area (Å²) in [5.41, 5.74) is -0.299. The molecule has 7 nitrogen and oxygen atoms in total. The Morgan fingerprint density at radius 2 is 1.62 bits per heavy atom. The Morgan fingerprint density at radius 3 is 2.14 bits per heavy atom. The molecule has 5 N–H and O–H groups in total. The zero-order chi connectivity index (χ0) is 15.7. The highest BCUT2D eigenvalue weighted by molar-refractivity contribution is 5.58. The van der Waals surface area contributed by atoms with Gasteiger partial charge in [-0.2, -0.15) is 0 Å². The normalized spacial score (nSPS) is 11.5. The maximum absolute atomic E-state index is 9.43. The summed E-state index contributed by atoms with van der Waals surface area (Å²) in [7, 11) is 0. The Hall–Kier alpha value is -1.44. The predicted molar refractivity (Wildman–Crippen MR) is 82.4 cm³/mol. The summed E-state index contributed by atoms with van der Waals surface area (Å²) in [6, 6.07) is 0. The number of nitrogens with one attached hydrogen (secondary N) is 2. The molecule has 0 bridgehead atoms. The van der Waals surface area contributed by atoms with E-state index < -0.39 is 25.4 Å². The molecular weight excluding hydrogens is 272 g/mol. The van der Waals surface area contributed by atoms with Gasteiger partial charge in [-0.3, -0.25) is 0 Å². The Bertz CT molecular complexity index is 416. The van der Waals surface area contributed by atoms with E-state index in [-0.39, 0.29) is 0 Å². The molecule has 0 aliphatic heterocycles. The molecule has 0 amide bonds. The standard InChI is InChI=1S/C14H26N4O3/c1-3-5-11-12(15-6-4-2)16-10-17-13(11)18-14(7-19,8-20)9-21/h10,19-21H,3-9H2,1-2H3,(H2,15,16,17,18). The van der Waals surface area contributed by atoms with Crippen molar-refractivity contribution in [2.75, 3.05) is 37.0 Å². The second kappa shape index (κ2) is 8.76. The zero-order valence-electron chi connectivity index (χ0n) is 12.8. The van der Waals surface area contributed by atoms with Crippen molar-refractivity contribution in [3.05, 3.63) is 11.9 Å². The van der Waals surface area contributed by atoms with Crippen LogP contribution < -0.4 is 10.6 Å². The smallest absolute Gasteiger partial charge is 0.135 e. The lowest BCUT2D eigenvalue weighted by Gasteiger charge is -2.30. The highest BCUT2D eigenvalue weighted by atomic mass is 16.3. The van der Waals surface area contributed by atoms with Crippen LogP contribution in [0.5, 0.6) is 0 Å². The van der Waals surface area contributed by atoms with Gasteiger partial charge in [0.05, 0.1) is 19.8 Å². The molecule has 0 saturated heterocycles. The first-order chi connectivity index (χ1) is 10.2. The summed E-state index contributed by atoms with van der Waals surface area (Å²) >= 11 is 0. The van der Waals surface area contributed by atoms with Gasteiger partial charge in [-0.05, 0) is 12.8 Å². The van der Waals surface area contributed by atoms with Crippen LogP contribution in [0.1, 0.15) is 32.3 Å². The van der Waals surface area contributed by atoms with Crippen molar-refractivity contribution >= 4 is 11.6 Å². The van der Waals surface area contributed by atoms with E-state index in [1.165, 1.54) is 6.33 Å². The largest absolute Gasteiger partial charge is 0.394 e. The minimum absolute atomic E-state index is 0.396. The van der Waals surface area contributed by atoms with Gasteiger partial charge >= 0.3 is 0 Å². The lowest BCUT2D eigenvalue weighted by molar-refractivity contribution is 0.0830. The predicted octanol–water partition coefficient (Wildman–Crippen LogP) is 0.379. The fourth-order valence-corrected chi connectivity index (χ4v) is 1.92. The van der Waals surface area contributed by atoms with Crippen molar-refractivity contribution in [1.29, 1.82) is 0 Å². The van der Waals surface area contributed by atoms with Crippen molar-refractivity contribution in [2.24, 2.45) is 0 Å². The number of hydrogen-bond acceptors (Lipinski definition) is 7. The van der Waals surface area contributed by atoms with Gasteiger partial charge < -0.3 is 26.0 Å². The first kappa shape index (κ1) is 17.6. The van der Waals surface area contributed by atoms with Crippen molar-refractivity contribution in [2.45, 2.75) is 38.6 Å². The first-order valence-corrected chi connectivity index (χ1v) is 7.34. The van der Waals surface area contributed by atoms with Crippen LogP contribution in [-0.4, -0.2) is 57.2 Å². The Morgan fingerprint density at radius 1 is 1.00 bits per heavy atom. The van der Waals surface area contributed by atoms with Crippen LogP contribution in [0.15, 0.2) is 6.33 Å². The lowest BCUT2D eigenvalue weighted by atomic mass is 10.0. The average Bonchev–Trinajstić information content (AvgIpc) is 2.53. The van der Waals surface area contributed by atoms with E-state index in [0.29, 0.717) is 5.82 Å². The molecule has 0 aromatic carbocycles. The van der Waals surface area contributed by atoms with Gasteiger partial charge in [0, 0.05) is 12.1 Å². The molecule has 1 aromatic heterocycles. The van der Waals surface area contributed by atoms with Crippen LogP contribution in [0.4, 0.5) is 11.6 Å². The molecule has 0 atom stereocenters. The molecule has 0 unspecified atom stereocenters. The molecular formula is C14H26N4O3. The van der Waals surface area contributed by atoms with E-state index in [2.05, 4.69) is 34.4 Å². The highest BCUT2D eigenvalue weighted by Crippen LogP contribution is 2.24. The van der Waals surface area contributed by atoms with Crippen LogP contribution in [0, 0.1) is 0 Å². The van der Waals surface area contributed by atoms with Gasteiger partial charge in [0.2, 0.25) is 0 Å². The molecule has 21 heavy (non-hydrogen) atoms. The number of hydrogen-bond donors (Lipinski definition) is 5. The maximum atomic E-state index is 9.43. The third-order valence-corrected chi connectivity index (χ3v) is 3.28. The van der Waals surface area contributed by atoms with Crippen molar-refractivity contribution in [3.63, 3.8) is 0 Å². The Labute approximate surface area is 125 Å². The van der Waals surface area contributed by atoms with Crippen molar-refractivity contribution in [1.82, 2.24) is 9.97 Å². The van der Waals surface area contributed by atoms with E-state index in [4.69, 9.17) is 0 Å². The fraction of sp³-hybridized carbons (Fsp3) is 0.714. The SMILES string of the molecule is CCCNc1ncnc(NC(CO)(CO)CO)c1CCC. The van der Waals surface area contributed by atoms with Gasteiger partial charge in [0.25, 0.3) is 0 Å². The summed E-state index contributed by atoms with van der Waals surface area (Å²) in [5, 5.41) is 34.5. The quantitative estimate of drug-likeness (QED) is 0.424. The van der Waals surface area contributed by atoms with Gasteiger partial charge in [-0.15, -0.1) is 0 Å². The second-order valence-electron chi connectivity index (χ2n) is 5.11. The van der Waals surface area contributed by atoms with Crippen molar-refractivity contribution in [3.8, 4) is 0 Å². The monoisotopic (exact) mass is 298 g/mol. The molecule has 0 radical (unpaired) electrons. The van der Waals surface area contributed by atoms with Crippen LogP contribution in [-0.2, 0) is 6.42 Å². The van der Waals surface area contributed by atoms with Crippen LogP contribution in [0.2, 0.25) is 0 Å². The molecule has 0 saturated carbocycles. The average molecular weight is 298 g/mol. The van der Waals surface area contributed by atoms with Crippen LogP contribution in [0.3, 0.4) is 0 Å². The topological polar surface area (TPSA) is 111 Å². The number of nitrogens with zero attached hydrogens (tertiary/aromatic N) is 2. The Balaban J connectivity index is 3.09. The molecule has 0 aliphatic rings. The summed E-state index contributed by atoms with van der Waals surface area (Å²) < 4.78 is 0. The van der Waals surface area contributed by atoms with E-state index in [1.807, 2.05) is 0 Å². The molecule has 0 aliphatic carbocycles. The first-order valence-electron chi connectivity index (χ1n) is 7.34. The molecule has 1 heterocycles. The molecule has 0 spiro atoms. The van der Waals surface area contributed by atoms with Crippen molar-refractivity contribution < 1.29 is 15.3 Å². The third-order valence-electron chi connectivity index (χ3n) is 3.28. The summed E-state index contributed by atoms with van der Waals surface area (Å²) in [6.07, 6.45) is 4.07. The summed E-state index contributed by atoms with van der Waals surface area (Å²) in [6.45, 7) is 3.74. The minimum Gasteiger partial charge on any atom is -0.394 e. The number of rotatable bonds is 10. The molecule has 120 valence electrons. The molecule has 7 heteroatoms. The van der Waals surface area contributed by atoms with Gasteiger partial charge in [0.15, 0.2) is 0 Å². The fourth-order valence-electron chi connectivity index (χ4n) is 1.92. The lowest BCUT2D eigenvalue weighted by Crippen LogP contribution is -2.49. The van der Waals surface area contributed by atoms with Crippen LogP contribution in [0.25, 0.3) is 0 Å². The van der Waals surface area contributed by atoms with Gasteiger partial charge in [0.1, 0.15) is 23.5 Å². The highest BCUT2D eigenvalue weighted by Gasteiger charge is 2.29. The molecule has 1 rings (SSSR count). The minimum atomic E-state index is -1.20. The van der Waals surface area contributed by atoms with Gasteiger partial charge in [-0.25, -0.2) is 9.97 Å². The van der Waals surface area contributed by atoms with E-state index >= 15 is 0 Å². The van der Waals surface area contributed by atoms with E-state index in [1.54, 1.807) is 0 Å². The Kier molecular flexibility index (Phi) is 7.35. The number of aliphatic hydroxyl groups excluding tert-OH is 3. The second-order valence-corrected chi connectivity index (χ2v) is 5.11. The van der Waals surface area contributed by atoms with Crippen LogP contribution >= 0.6 is 0 Å². The van der Waals surface area contributed by atoms with E-state index in [9.17, 15) is 15.3 Å². The van der Waals surface area contributed by atoms with Gasteiger partial charge in [-0.1, -0.05) is 20.3 Å². The summed E-state index contributed by atoms with van der Waals surface area (Å²) in [5.74, 6) is 1.28. The summed E-state index contributed by atoms with van der Waals surface area (Å²) in [4.78, 5) is 8.45. The number of aliphatic hydroxyl groups is 3. The number of anilines is 2. The third kappa shape index (κ3) is 4.52. The molecule has 0 fully saturated rings. The zero-order valence-corrected chi connectivity index (χ0v) is 12.8. The number of aromatic nitrogens is 2. The van der Waals surface area contributed by atoms with E-state index in [0.717, 1.165) is 37.2 Å². The molecule has 1 aromatic rings.